The molecule has 1 N–H and O–H groups in total. The maximum atomic E-state index is 12.3. The zero-order valence-electron chi connectivity index (χ0n) is 11.2. The van der Waals surface area contributed by atoms with E-state index in [0.29, 0.717) is 13.1 Å². The van der Waals surface area contributed by atoms with Gasteiger partial charge in [-0.3, -0.25) is 9.36 Å². The summed E-state index contributed by atoms with van der Waals surface area (Å²) >= 11 is 1.76. The van der Waals surface area contributed by atoms with E-state index in [-0.39, 0.29) is 5.56 Å². The van der Waals surface area contributed by atoms with E-state index in [9.17, 15) is 4.79 Å². The summed E-state index contributed by atoms with van der Waals surface area (Å²) < 4.78 is 1.74. The third-order valence-corrected chi connectivity index (χ3v) is 4.40. The van der Waals surface area contributed by atoms with E-state index in [1.54, 1.807) is 22.7 Å². The van der Waals surface area contributed by atoms with E-state index in [1.165, 1.54) is 4.90 Å². The van der Waals surface area contributed by atoms with Gasteiger partial charge in [-0.2, -0.15) is 0 Å². The van der Waals surface area contributed by atoms with Crippen LogP contribution >= 0.6 is 11.8 Å². The summed E-state index contributed by atoms with van der Waals surface area (Å²) in [6.07, 6.45) is 2.47. The Labute approximate surface area is 122 Å². The first-order chi connectivity index (χ1) is 9.84. The fourth-order valence-electron chi connectivity index (χ4n) is 2.33. The topological polar surface area (TPSA) is 46.9 Å². The van der Waals surface area contributed by atoms with Crippen LogP contribution in [0.5, 0.6) is 0 Å². The second kappa shape index (κ2) is 6.24. The molecule has 0 aliphatic carbocycles. The van der Waals surface area contributed by atoms with Crippen molar-refractivity contribution < 1.29 is 0 Å². The highest BCUT2D eigenvalue weighted by Gasteiger charge is 2.14. The van der Waals surface area contributed by atoms with Crippen molar-refractivity contribution in [3.05, 3.63) is 58.3 Å². The molecule has 104 valence electrons. The average molecular weight is 287 g/mol. The number of rotatable bonds is 4. The third kappa shape index (κ3) is 2.94. The Morgan fingerprint density at radius 1 is 1.30 bits per heavy atom. The summed E-state index contributed by atoms with van der Waals surface area (Å²) in [5.74, 6) is 0.878. The van der Waals surface area contributed by atoms with Gasteiger partial charge in [-0.15, -0.1) is 11.8 Å². The minimum Gasteiger partial charge on any atom is -0.311 e. The van der Waals surface area contributed by atoms with Gasteiger partial charge in [0.15, 0.2) is 0 Å². The molecule has 5 heteroatoms. The summed E-state index contributed by atoms with van der Waals surface area (Å²) in [5.41, 5.74) is 1.93. The molecule has 3 rings (SSSR count). The Kier molecular flexibility index (Phi) is 4.18. The molecule has 0 spiro atoms. The lowest BCUT2D eigenvalue weighted by Gasteiger charge is -2.16. The average Bonchev–Trinajstić information content (AvgIpc) is 2.51. The van der Waals surface area contributed by atoms with Crippen LogP contribution in [-0.4, -0.2) is 21.8 Å². The Bertz CT molecular complexity index is 639. The fourth-order valence-corrected chi connectivity index (χ4v) is 3.20. The summed E-state index contributed by atoms with van der Waals surface area (Å²) in [6, 6.07) is 10.2. The lowest BCUT2D eigenvalue weighted by molar-refractivity contribution is 0.593. The van der Waals surface area contributed by atoms with Crippen LogP contribution in [0.15, 0.2) is 46.3 Å². The zero-order chi connectivity index (χ0) is 13.8. The smallest absolute Gasteiger partial charge is 0.256 e. The van der Waals surface area contributed by atoms with E-state index in [4.69, 9.17) is 0 Å². The van der Waals surface area contributed by atoms with Gasteiger partial charge >= 0.3 is 0 Å². The Morgan fingerprint density at radius 3 is 3.00 bits per heavy atom. The van der Waals surface area contributed by atoms with Crippen LogP contribution in [0.3, 0.4) is 0 Å². The van der Waals surface area contributed by atoms with E-state index in [1.807, 2.05) is 18.2 Å². The number of aryl methyl sites for hydroxylation is 1. The minimum absolute atomic E-state index is 0.130. The van der Waals surface area contributed by atoms with Crippen LogP contribution < -0.4 is 10.9 Å². The molecule has 0 saturated carbocycles. The summed E-state index contributed by atoms with van der Waals surface area (Å²) in [7, 11) is 0. The zero-order valence-corrected chi connectivity index (χ0v) is 12.0. The molecule has 1 aromatic carbocycles. The number of benzene rings is 1. The van der Waals surface area contributed by atoms with Crippen molar-refractivity contribution in [3.63, 3.8) is 0 Å². The maximum Gasteiger partial charge on any atom is 0.256 e. The second-order valence-electron chi connectivity index (χ2n) is 4.76. The molecular weight excluding hydrogens is 270 g/mol. The van der Waals surface area contributed by atoms with E-state index < -0.39 is 0 Å². The van der Waals surface area contributed by atoms with Gasteiger partial charge in [0.05, 0.1) is 12.0 Å². The van der Waals surface area contributed by atoms with Crippen molar-refractivity contribution >= 4 is 11.8 Å². The first-order valence-corrected chi connectivity index (χ1v) is 7.79. The van der Waals surface area contributed by atoms with E-state index >= 15 is 0 Å². The molecule has 0 fully saturated rings. The number of fused-ring (bicyclic) bond motifs is 1. The van der Waals surface area contributed by atoms with Crippen LogP contribution in [0.25, 0.3) is 0 Å². The number of aromatic nitrogens is 2. The SMILES string of the molecule is O=c1c2c(ncn1CCSc1ccccc1)CNCC2. The van der Waals surface area contributed by atoms with Gasteiger partial charge in [-0.1, -0.05) is 18.2 Å². The number of nitrogens with one attached hydrogen (secondary N) is 1. The molecule has 20 heavy (non-hydrogen) atoms. The largest absolute Gasteiger partial charge is 0.311 e. The fraction of sp³-hybridized carbons (Fsp3) is 0.333. The van der Waals surface area contributed by atoms with Crippen LogP contribution in [0.2, 0.25) is 0 Å². The van der Waals surface area contributed by atoms with Gasteiger partial charge in [0, 0.05) is 29.3 Å². The molecule has 2 aromatic rings. The summed E-state index contributed by atoms with van der Waals surface area (Å²) in [4.78, 5) is 18.0. The number of nitrogens with zero attached hydrogens (tertiary/aromatic N) is 2. The second-order valence-corrected chi connectivity index (χ2v) is 5.92. The molecule has 4 nitrogen and oxygen atoms in total. The molecular formula is C15H17N3OS. The summed E-state index contributed by atoms with van der Waals surface area (Å²) in [5, 5.41) is 3.24. The Balaban J connectivity index is 1.68. The molecule has 1 aliphatic rings. The van der Waals surface area contributed by atoms with Crippen molar-refractivity contribution in [2.45, 2.75) is 24.4 Å². The molecule has 0 unspecified atom stereocenters. The highest BCUT2D eigenvalue weighted by Crippen LogP contribution is 2.16. The van der Waals surface area contributed by atoms with Gasteiger partial charge in [-0.05, 0) is 25.1 Å². The predicted octanol–water partition coefficient (Wildman–Crippen LogP) is 1.68. The van der Waals surface area contributed by atoms with Gasteiger partial charge in [0.2, 0.25) is 0 Å². The highest BCUT2D eigenvalue weighted by molar-refractivity contribution is 7.99. The van der Waals surface area contributed by atoms with E-state index in [0.717, 1.165) is 30.0 Å². The van der Waals surface area contributed by atoms with Gasteiger partial charge in [0.25, 0.3) is 5.56 Å². The van der Waals surface area contributed by atoms with Crippen molar-refractivity contribution in [1.29, 1.82) is 0 Å². The predicted molar refractivity (Wildman–Crippen MR) is 81.1 cm³/mol. The van der Waals surface area contributed by atoms with Crippen LogP contribution in [0.1, 0.15) is 11.3 Å². The number of hydrogen-bond acceptors (Lipinski definition) is 4. The molecule has 1 aromatic heterocycles. The van der Waals surface area contributed by atoms with Crippen molar-refractivity contribution in [3.8, 4) is 0 Å². The summed E-state index contributed by atoms with van der Waals surface area (Å²) in [6.45, 7) is 2.28. The van der Waals surface area contributed by atoms with Crippen molar-refractivity contribution in [2.75, 3.05) is 12.3 Å². The highest BCUT2D eigenvalue weighted by atomic mass is 32.2. The third-order valence-electron chi connectivity index (χ3n) is 3.41. The maximum absolute atomic E-state index is 12.3. The monoisotopic (exact) mass is 287 g/mol. The normalized spacial score (nSPS) is 14.0. The molecule has 0 amide bonds. The van der Waals surface area contributed by atoms with Crippen LogP contribution in [-0.2, 0) is 19.5 Å². The van der Waals surface area contributed by atoms with Gasteiger partial charge in [0.1, 0.15) is 0 Å². The Morgan fingerprint density at radius 2 is 2.15 bits per heavy atom. The van der Waals surface area contributed by atoms with Crippen LogP contribution in [0.4, 0.5) is 0 Å². The minimum atomic E-state index is 0.130. The first-order valence-electron chi connectivity index (χ1n) is 6.80. The molecule has 1 aliphatic heterocycles. The molecule has 0 bridgehead atoms. The van der Waals surface area contributed by atoms with Gasteiger partial charge in [-0.25, -0.2) is 4.98 Å². The molecule has 0 saturated heterocycles. The first kappa shape index (κ1) is 13.4. The van der Waals surface area contributed by atoms with Crippen LogP contribution in [0, 0.1) is 0 Å². The number of thioether (sulfide) groups is 1. The van der Waals surface area contributed by atoms with Crippen molar-refractivity contribution in [2.24, 2.45) is 0 Å². The van der Waals surface area contributed by atoms with Gasteiger partial charge < -0.3 is 5.32 Å². The lowest BCUT2D eigenvalue weighted by Crippen LogP contribution is -2.34. The van der Waals surface area contributed by atoms with Crippen molar-refractivity contribution in [1.82, 2.24) is 14.9 Å². The lowest BCUT2D eigenvalue weighted by atomic mass is 10.1. The quantitative estimate of drug-likeness (QED) is 0.869. The number of hydrogen-bond donors (Lipinski definition) is 1. The Hall–Kier alpha value is -1.59. The molecule has 0 radical (unpaired) electrons. The molecule has 0 atom stereocenters. The molecule has 2 heterocycles. The standard InChI is InChI=1S/C15H17N3OS/c19-15-13-6-7-16-10-14(13)17-11-18(15)8-9-20-12-4-2-1-3-5-12/h1-5,11,16H,6-10H2. The van der Waals surface area contributed by atoms with E-state index in [2.05, 4.69) is 22.4 Å².